The van der Waals surface area contributed by atoms with Crippen molar-refractivity contribution in [3.8, 4) is 28.7 Å². The molecule has 0 saturated carbocycles. The molecule has 0 bridgehead atoms. The summed E-state index contributed by atoms with van der Waals surface area (Å²) in [6, 6.07) is 19.1. The summed E-state index contributed by atoms with van der Waals surface area (Å²) in [6.45, 7) is -3.02. The predicted octanol–water partition coefficient (Wildman–Crippen LogP) is 5.32. The van der Waals surface area contributed by atoms with E-state index < -0.39 is 18.5 Å². The molecule has 1 N–H and O–H groups in total. The van der Waals surface area contributed by atoms with Crippen LogP contribution in [0.1, 0.15) is 22.6 Å². The topological polar surface area (TPSA) is 47.6 Å². The summed E-state index contributed by atoms with van der Waals surface area (Å²) in [5, 5.41) is 2.50. The van der Waals surface area contributed by atoms with Crippen LogP contribution >= 0.6 is 0 Å². The third-order valence-electron chi connectivity index (χ3n) is 5.05. The van der Waals surface area contributed by atoms with Gasteiger partial charge in [-0.2, -0.15) is 8.78 Å². The Morgan fingerprint density at radius 2 is 1.66 bits per heavy atom. The smallest absolute Gasteiger partial charge is 0.407 e. The van der Waals surface area contributed by atoms with Gasteiger partial charge in [0.15, 0.2) is 0 Å². The first-order chi connectivity index (χ1) is 15.5. The van der Waals surface area contributed by atoms with E-state index in [9.17, 15) is 18.0 Å². The van der Waals surface area contributed by atoms with Crippen molar-refractivity contribution >= 4 is 6.09 Å². The molecule has 3 aromatic rings. The highest BCUT2D eigenvalue weighted by Gasteiger charge is 2.28. The Bertz CT molecular complexity index is 1150. The van der Waals surface area contributed by atoms with Crippen molar-refractivity contribution in [1.29, 1.82) is 0 Å². The quantitative estimate of drug-likeness (QED) is 0.550. The van der Waals surface area contributed by atoms with Crippen LogP contribution < -0.4 is 10.1 Å². The number of halogens is 3. The Labute approximate surface area is 183 Å². The number of alkyl halides is 2. The van der Waals surface area contributed by atoms with Crippen LogP contribution in [0.3, 0.4) is 0 Å². The van der Waals surface area contributed by atoms with Gasteiger partial charge in [-0.1, -0.05) is 60.4 Å². The summed E-state index contributed by atoms with van der Waals surface area (Å²) >= 11 is 0. The molecule has 0 heterocycles. The average molecular weight is 437 g/mol. The fraction of sp³-hybridized carbons (Fsp3) is 0.160. The Kier molecular flexibility index (Phi) is 6.31. The summed E-state index contributed by atoms with van der Waals surface area (Å²) in [6.07, 6.45) is -0.649. The van der Waals surface area contributed by atoms with Gasteiger partial charge in [-0.3, -0.25) is 0 Å². The number of carbonyl (C=O) groups excluding carboxylic acids is 1. The van der Waals surface area contributed by atoms with Crippen molar-refractivity contribution in [1.82, 2.24) is 5.32 Å². The Morgan fingerprint density at radius 3 is 2.31 bits per heavy atom. The van der Waals surface area contributed by atoms with E-state index in [0.29, 0.717) is 0 Å². The lowest BCUT2D eigenvalue weighted by atomic mass is 9.98. The molecule has 4 rings (SSSR count). The van der Waals surface area contributed by atoms with Crippen LogP contribution in [0.2, 0.25) is 0 Å². The highest BCUT2D eigenvalue weighted by molar-refractivity contribution is 5.79. The van der Waals surface area contributed by atoms with E-state index in [2.05, 4.69) is 21.9 Å². The zero-order chi connectivity index (χ0) is 22.5. The molecule has 1 aliphatic carbocycles. The van der Waals surface area contributed by atoms with Crippen LogP contribution in [0.4, 0.5) is 18.0 Å². The third kappa shape index (κ3) is 4.70. The molecule has 0 spiro atoms. The van der Waals surface area contributed by atoms with Gasteiger partial charge in [0.05, 0.1) is 12.1 Å². The average Bonchev–Trinajstić information content (AvgIpc) is 3.10. The SMILES string of the molecule is O=C(NCC#Cc1ccc(F)cc1OC(F)F)OCC1c2ccccc2-c2ccccc21. The predicted molar refractivity (Wildman–Crippen MR) is 113 cm³/mol. The molecule has 32 heavy (non-hydrogen) atoms. The van der Waals surface area contributed by atoms with Gasteiger partial charge < -0.3 is 14.8 Å². The van der Waals surface area contributed by atoms with E-state index in [1.54, 1.807) is 0 Å². The fourth-order valence-electron chi connectivity index (χ4n) is 3.70. The lowest BCUT2D eigenvalue weighted by Crippen LogP contribution is -2.26. The maximum atomic E-state index is 13.2. The number of hydrogen-bond acceptors (Lipinski definition) is 3. The molecule has 0 atom stereocenters. The van der Waals surface area contributed by atoms with Gasteiger partial charge in [0.25, 0.3) is 0 Å². The Hall–Kier alpha value is -3.92. The minimum Gasteiger partial charge on any atom is -0.449 e. The fourth-order valence-corrected chi connectivity index (χ4v) is 3.70. The molecular weight excluding hydrogens is 419 g/mol. The van der Waals surface area contributed by atoms with E-state index in [1.807, 2.05) is 48.5 Å². The molecule has 3 aromatic carbocycles. The third-order valence-corrected chi connectivity index (χ3v) is 5.05. The maximum absolute atomic E-state index is 13.2. The minimum absolute atomic E-state index is 0.0625. The van der Waals surface area contributed by atoms with E-state index in [4.69, 9.17) is 4.74 Å². The number of amides is 1. The van der Waals surface area contributed by atoms with Gasteiger partial charge in [0.1, 0.15) is 18.2 Å². The van der Waals surface area contributed by atoms with Gasteiger partial charge in [-0.15, -0.1) is 0 Å². The zero-order valence-corrected chi connectivity index (χ0v) is 16.8. The van der Waals surface area contributed by atoms with E-state index in [1.165, 1.54) is 6.07 Å². The first-order valence-electron chi connectivity index (χ1n) is 9.85. The second-order valence-electron chi connectivity index (χ2n) is 7.00. The second kappa shape index (κ2) is 9.48. The van der Waals surface area contributed by atoms with Gasteiger partial charge in [0.2, 0.25) is 0 Å². The summed E-state index contributed by atoms with van der Waals surface area (Å²) in [5.41, 5.74) is 4.54. The summed E-state index contributed by atoms with van der Waals surface area (Å²) in [7, 11) is 0. The number of carbonyl (C=O) groups is 1. The number of ether oxygens (including phenoxy) is 2. The molecule has 1 amide bonds. The lowest BCUT2D eigenvalue weighted by molar-refractivity contribution is -0.0501. The van der Waals surface area contributed by atoms with E-state index in [0.717, 1.165) is 34.4 Å². The molecule has 7 heteroatoms. The van der Waals surface area contributed by atoms with Crippen LogP contribution in [0.25, 0.3) is 11.1 Å². The van der Waals surface area contributed by atoms with E-state index >= 15 is 0 Å². The molecule has 1 aliphatic rings. The molecule has 0 unspecified atom stereocenters. The highest BCUT2D eigenvalue weighted by atomic mass is 19.3. The summed E-state index contributed by atoms with van der Waals surface area (Å²) < 4.78 is 47.8. The first kappa shape index (κ1) is 21.3. The van der Waals surface area contributed by atoms with Crippen LogP contribution in [0.15, 0.2) is 66.7 Å². The molecule has 0 radical (unpaired) electrons. The molecule has 4 nitrogen and oxygen atoms in total. The maximum Gasteiger partial charge on any atom is 0.407 e. The molecule has 162 valence electrons. The first-order valence-corrected chi connectivity index (χ1v) is 9.85. The van der Waals surface area contributed by atoms with Crippen molar-refractivity contribution < 1.29 is 27.4 Å². The minimum atomic E-state index is -3.10. The summed E-state index contributed by atoms with van der Waals surface area (Å²) in [5.74, 6) is 4.05. The van der Waals surface area contributed by atoms with Gasteiger partial charge >= 0.3 is 12.7 Å². The number of rotatable bonds is 5. The van der Waals surface area contributed by atoms with E-state index in [-0.39, 0.29) is 30.4 Å². The number of nitrogens with one attached hydrogen (secondary N) is 1. The van der Waals surface area contributed by atoms with Crippen molar-refractivity contribution in [3.05, 3.63) is 89.2 Å². The van der Waals surface area contributed by atoms with Crippen LogP contribution in [0.5, 0.6) is 5.75 Å². The van der Waals surface area contributed by atoms with Gasteiger partial charge in [-0.05, 0) is 34.4 Å². The standard InChI is InChI=1S/C25H18F3NO3/c26-17-12-11-16(23(14-17)32-24(27)28)6-5-13-29-25(30)31-15-22-20-9-3-1-7-18(20)19-8-2-4-10-21(19)22/h1-4,7-12,14,22,24H,13,15H2,(H,29,30). The largest absolute Gasteiger partial charge is 0.449 e. The molecule has 0 fully saturated rings. The number of benzene rings is 3. The lowest BCUT2D eigenvalue weighted by Gasteiger charge is -2.14. The Morgan fingerprint density at radius 1 is 1.00 bits per heavy atom. The molecule has 0 aromatic heterocycles. The van der Waals surface area contributed by atoms with Crippen LogP contribution in [-0.2, 0) is 4.74 Å². The molecule has 0 saturated heterocycles. The molecule has 0 aliphatic heterocycles. The van der Waals surface area contributed by atoms with Crippen molar-refractivity contribution in [3.63, 3.8) is 0 Å². The van der Waals surface area contributed by atoms with Crippen molar-refractivity contribution in [2.75, 3.05) is 13.2 Å². The number of fused-ring (bicyclic) bond motifs is 3. The normalized spacial score (nSPS) is 11.9. The van der Waals surface area contributed by atoms with Gasteiger partial charge in [-0.25, -0.2) is 9.18 Å². The van der Waals surface area contributed by atoms with Crippen molar-refractivity contribution in [2.45, 2.75) is 12.5 Å². The number of alkyl carbamates (subject to hydrolysis) is 1. The highest BCUT2D eigenvalue weighted by Crippen LogP contribution is 2.44. The molecular formula is C25H18F3NO3. The monoisotopic (exact) mass is 437 g/mol. The zero-order valence-electron chi connectivity index (χ0n) is 16.8. The Balaban J connectivity index is 1.35. The summed E-state index contributed by atoms with van der Waals surface area (Å²) in [4.78, 5) is 12.1. The van der Waals surface area contributed by atoms with Crippen LogP contribution in [-0.4, -0.2) is 25.9 Å². The second-order valence-corrected chi connectivity index (χ2v) is 7.00. The van der Waals surface area contributed by atoms with Crippen LogP contribution in [0, 0.1) is 17.7 Å². The van der Waals surface area contributed by atoms with Gasteiger partial charge in [0, 0.05) is 12.0 Å². The van der Waals surface area contributed by atoms with Crippen molar-refractivity contribution in [2.24, 2.45) is 0 Å². The number of hydrogen-bond donors (Lipinski definition) is 1.